The normalized spacial score (nSPS) is 21.5. The third-order valence-electron chi connectivity index (χ3n) is 2.96. The summed E-state index contributed by atoms with van der Waals surface area (Å²) in [4.78, 5) is 22.7. The Hall–Kier alpha value is -1.10. The van der Waals surface area contributed by atoms with E-state index in [1.807, 2.05) is 13.8 Å². The van der Waals surface area contributed by atoms with Gasteiger partial charge >= 0.3 is 5.97 Å². The molecule has 1 aliphatic heterocycles. The Bertz CT molecular complexity index is 272. The number of carbonyl (C=O) groups excluding carboxylic acids is 1. The van der Waals surface area contributed by atoms with Crippen molar-refractivity contribution in [1.82, 2.24) is 5.32 Å². The zero-order valence-electron chi connectivity index (χ0n) is 10.4. The fraction of sp³-hybridized carbons (Fsp3) is 0.833. The Morgan fingerprint density at radius 1 is 1.47 bits per heavy atom. The van der Waals surface area contributed by atoms with E-state index in [2.05, 4.69) is 5.32 Å². The number of carbonyl (C=O) groups is 2. The van der Waals surface area contributed by atoms with Crippen molar-refractivity contribution in [2.45, 2.75) is 26.7 Å². The smallest absolute Gasteiger partial charge is 0.307 e. The summed E-state index contributed by atoms with van der Waals surface area (Å²) in [6.07, 6.45) is 0.782. The molecular formula is C12H21NO4. The average molecular weight is 243 g/mol. The molecule has 2 atom stereocenters. The van der Waals surface area contributed by atoms with Crippen molar-refractivity contribution in [3.05, 3.63) is 0 Å². The minimum atomic E-state index is -0.903. The maximum absolute atomic E-state index is 11.6. The van der Waals surface area contributed by atoms with Gasteiger partial charge in [0.2, 0.25) is 5.91 Å². The Balaban J connectivity index is 2.43. The van der Waals surface area contributed by atoms with E-state index in [9.17, 15) is 9.59 Å². The van der Waals surface area contributed by atoms with Crippen molar-refractivity contribution in [3.8, 4) is 0 Å². The number of hydrogen-bond donors (Lipinski definition) is 2. The molecule has 1 aliphatic rings. The Kier molecular flexibility index (Phi) is 5.41. The van der Waals surface area contributed by atoms with Crippen molar-refractivity contribution in [1.29, 1.82) is 0 Å². The second kappa shape index (κ2) is 6.59. The number of amides is 1. The molecule has 0 aromatic carbocycles. The van der Waals surface area contributed by atoms with Gasteiger partial charge in [-0.05, 0) is 18.3 Å². The molecule has 17 heavy (non-hydrogen) atoms. The van der Waals surface area contributed by atoms with Crippen LogP contribution in [0.1, 0.15) is 26.7 Å². The number of rotatable bonds is 6. The highest BCUT2D eigenvalue weighted by Crippen LogP contribution is 2.25. The van der Waals surface area contributed by atoms with Gasteiger partial charge in [0.25, 0.3) is 0 Å². The van der Waals surface area contributed by atoms with E-state index in [1.165, 1.54) is 0 Å². The quantitative estimate of drug-likeness (QED) is 0.726. The standard InChI is InChI=1S/C12H21NO4/c1-8(2)6-13-11(14)5-10(12(15)16)9-3-4-17-7-9/h8-10H,3-7H2,1-2H3,(H,13,14)(H,15,16). The summed E-state index contributed by atoms with van der Waals surface area (Å²) in [5, 5.41) is 11.9. The first-order valence-corrected chi connectivity index (χ1v) is 6.08. The molecule has 5 nitrogen and oxygen atoms in total. The molecule has 0 aliphatic carbocycles. The number of carboxylic acid groups (broad SMARTS) is 1. The van der Waals surface area contributed by atoms with Crippen LogP contribution in [0.2, 0.25) is 0 Å². The molecule has 1 saturated heterocycles. The highest BCUT2D eigenvalue weighted by molar-refractivity contribution is 5.82. The van der Waals surface area contributed by atoms with Crippen LogP contribution in [-0.4, -0.2) is 36.7 Å². The fourth-order valence-electron chi connectivity index (χ4n) is 1.92. The summed E-state index contributed by atoms with van der Waals surface area (Å²) in [6, 6.07) is 0. The summed E-state index contributed by atoms with van der Waals surface area (Å²) < 4.78 is 5.17. The largest absolute Gasteiger partial charge is 0.481 e. The molecule has 5 heteroatoms. The Labute approximate surface area is 102 Å². The molecule has 1 fully saturated rings. The minimum Gasteiger partial charge on any atom is -0.481 e. The number of nitrogens with one attached hydrogen (secondary N) is 1. The topological polar surface area (TPSA) is 75.6 Å². The molecular weight excluding hydrogens is 222 g/mol. The summed E-state index contributed by atoms with van der Waals surface area (Å²) in [7, 11) is 0. The lowest BCUT2D eigenvalue weighted by atomic mass is 9.88. The summed E-state index contributed by atoms with van der Waals surface area (Å²) in [5.41, 5.74) is 0. The van der Waals surface area contributed by atoms with E-state index in [0.717, 1.165) is 6.42 Å². The Morgan fingerprint density at radius 3 is 2.65 bits per heavy atom. The summed E-state index contributed by atoms with van der Waals surface area (Å²) in [6.45, 7) is 5.64. The van der Waals surface area contributed by atoms with Crippen molar-refractivity contribution in [2.24, 2.45) is 17.8 Å². The van der Waals surface area contributed by atoms with Crippen LogP contribution in [0.5, 0.6) is 0 Å². The van der Waals surface area contributed by atoms with E-state index >= 15 is 0 Å². The van der Waals surface area contributed by atoms with Gasteiger partial charge in [0.15, 0.2) is 0 Å². The van der Waals surface area contributed by atoms with Crippen molar-refractivity contribution in [3.63, 3.8) is 0 Å². The fourth-order valence-corrected chi connectivity index (χ4v) is 1.92. The highest BCUT2D eigenvalue weighted by atomic mass is 16.5. The van der Waals surface area contributed by atoms with Crippen LogP contribution in [0.4, 0.5) is 0 Å². The lowest BCUT2D eigenvalue weighted by molar-refractivity contribution is -0.146. The van der Waals surface area contributed by atoms with Gasteiger partial charge < -0.3 is 15.2 Å². The van der Waals surface area contributed by atoms with Gasteiger partial charge in [0.1, 0.15) is 0 Å². The Morgan fingerprint density at radius 2 is 2.18 bits per heavy atom. The summed E-state index contributed by atoms with van der Waals surface area (Å²) >= 11 is 0. The number of aliphatic carboxylic acids is 1. The maximum atomic E-state index is 11.6. The van der Waals surface area contributed by atoms with Gasteiger partial charge in [-0.3, -0.25) is 9.59 Å². The van der Waals surface area contributed by atoms with Crippen LogP contribution in [0.15, 0.2) is 0 Å². The van der Waals surface area contributed by atoms with Crippen LogP contribution >= 0.6 is 0 Å². The molecule has 2 N–H and O–H groups in total. The van der Waals surface area contributed by atoms with E-state index in [0.29, 0.717) is 25.7 Å². The number of carboxylic acids is 1. The van der Waals surface area contributed by atoms with Crippen LogP contribution < -0.4 is 5.32 Å². The zero-order chi connectivity index (χ0) is 12.8. The summed E-state index contributed by atoms with van der Waals surface area (Å²) in [5.74, 6) is -1.36. The van der Waals surface area contributed by atoms with Crippen molar-refractivity contribution >= 4 is 11.9 Å². The predicted octanol–water partition coefficient (Wildman–Crippen LogP) is 0.886. The van der Waals surface area contributed by atoms with E-state index in [4.69, 9.17) is 9.84 Å². The lowest BCUT2D eigenvalue weighted by Gasteiger charge is -2.17. The van der Waals surface area contributed by atoms with Crippen molar-refractivity contribution < 1.29 is 19.4 Å². The minimum absolute atomic E-state index is 0.0303. The maximum Gasteiger partial charge on any atom is 0.307 e. The number of hydrogen-bond acceptors (Lipinski definition) is 3. The van der Waals surface area contributed by atoms with Crippen LogP contribution in [0.25, 0.3) is 0 Å². The van der Waals surface area contributed by atoms with Gasteiger partial charge in [-0.1, -0.05) is 13.8 Å². The van der Waals surface area contributed by atoms with E-state index in [1.54, 1.807) is 0 Å². The third kappa shape index (κ3) is 4.73. The second-order valence-corrected chi connectivity index (χ2v) is 4.97. The monoisotopic (exact) mass is 243 g/mol. The molecule has 2 unspecified atom stereocenters. The van der Waals surface area contributed by atoms with Gasteiger partial charge in [-0.2, -0.15) is 0 Å². The van der Waals surface area contributed by atoms with Gasteiger partial charge in [0.05, 0.1) is 12.5 Å². The van der Waals surface area contributed by atoms with Crippen LogP contribution in [0, 0.1) is 17.8 Å². The van der Waals surface area contributed by atoms with Crippen LogP contribution in [0.3, 0.4) is 0 Å². The third-order valence-corrected chi connectivity index (χ3v) is 2.96. The van der Waals surface area contributed by atoms with Gasteiger partial charge in [-0.15, -0.1) is 0 Å². The molecule has 1 amide bonds. The van der Waals surface area contributed by atoms with Gasteiger partial charge in [-0.25, -0.2) is 0 Å². The molecule has 98 valence electrons. The average Bonchev–Trinajstić information content (AvgIpc) is 2.75. The SMILES string of the molecule is CC(C)CNC(=O)CC(C(=O)O)C1CCOC1. The number of ether oxygens (including phenoxy) is 1. The molecule has 0 saturated carbocycles. The molecule has 0 bridgehead atoms. The molecule has 0 spiro atoms. The highest BCUT2D eigenvalue weighted by Gasteiger charge is 2.32. The lowest BCUT2D eigenvalue weighted by Crippen LogP contribution is -2.34. The molecule has 1 heterocycles. The zero-order valence-corrected chi connectivity index (χ0v) is 10.4. The van der Waals surface area contributed by atoms with Gasteiger partial charge in [0, 0.05) is 19.6 Å². The van der Waals surface area contributed by atoms with E-state index in [-0.39, 0.29) is 18.2 Å². The predicted molar refractivity (Wildman–Crippen MR) is 62.5 cm³/mol. The van der Waals surface area contributed by atoms with Crippen molar-refractivity contribution in [2.75, 3.05) is 19.8 Å². The molecule has 0 aromatic heterocycles. The first-order valence-electron chi connectivity index (χ1n) is 6.08. The van der Waals surface area contributed by atoms with Crippen LogP contribution in [-0.2, 0) is 14.3 Å². The van der Waals surface area contributed by atoms with E-state index < -0.39 is 11.9 Å². The molecule has 0 aromatic rings. The first-order chi connectivity index (χ1) is 8.00. The first kappa shape index (κ1) is 14.0. The second-order valence-electron chi connectivity index (χ2n) is 4.97. The molecule has 1 rings (SSSR count). The molecule has 0 radical (unpaired) electrons.